The molecule has 1 aliphatic heterocycles. The van der Waals surface area contributed by atoms with Gasteiger partial charge in [0.25, 0.3) is 0 Å². The van der Waals surface area contributed by atoms with Gasteiger partial charge in [-0.3, -0.25) is 0 Å². The number of rotatable bonds is 3. The maximum atomic E-state index is 6.01. The maximum absolute atomic E-state index is 6.01. The second-order valence-electron chi connectivity index (χ2n) is 5.41. The summed E-state index contributed by atoms with van der Waals surface area (Å²) in [7, 11) is 0. The molecular formula is C15H23ClN2. The molecule has 1 atom stereocenters. The van der Waals surface area contributed by atoms with Gasteiger partial charge in [0.2, 0.25) is 0 Å². The molecule has 1 aromatic carbocycles. The first-order valence-electron chi connectivity index (χ1n) is 6.91. The summed E-state index contributed by atoms with van der Waals surface area (Å²) in [5, 5.41) is 4.41. The van der Waals surface area contributed by atoms with Crippen molar-refractivity contribution < 1.29 is 0 Å². The minimum atomic E-state index is 0.576. The highest BCUT2D eigenvalue weighted by molar-refractivity contribution is 6.30. The predicted octanol–water partition coefficient (Wildman–Crippen LogP) is 4.01. The lowest BCUT2D eigenvalue weighted by molar-refractivity contribution is 0.230. The van der Waals surface area contributed by atoms with Crippen LogP contribution in [0, 0.1) is 0 Å². The van der Waals surface area contributed by atoms with Crippen LogP contribution in [0.25, 0.3) is 0 Å². The van der Waals surface area contributed by atoms with E-state index in [1.54, 1.807) is 0 Å². The number of benzene rings is 1. The average molecular weight is 267 g/mol. The zero-order valence-corrected chi connectivity index (χ0v) is 12.1. The van der Waals surface area contributed by atoms with Gasteiger partial charge in [0.1, 0.15) is 0 Å². The van der Waals surface area contributed by atoms with Crippen molar-refractivity contribution in [2.45, 2.75) is 45.2 Å². The van der Waals surface area contributed by atoms with Crippen LogP contribution in [-0.2, 0) is 0 Å². The third-order valence-corrected chi connectivity index (χ3v) is 3.92. The molecule has 1 aliphatic rings. The van der Waals surface area contributed by atoms with Gasteiger partial charge in [0.05, 0.1) is 0 Å². The molecule has 1 N–H and O–H groups in total. The van der Waals surface area contributed by atoms with Crippen molar-refractivity contribution in [1.82, 2.24) is 4.90 Å². The van der Waals surface area contributed by atoms with E-state index in [9.17, 15) is 0 Å². The van der Waals surface area contributed by atoms with Gasteiger partial charge in [0.15, 0.2) is 0 Å². The molecule has 0 radical (unpaired) electrons. The minimum Gasteiger partial charge on any atom is -0.382 e. The fourth-order valence-electron chi connectivity index (χ4n) is 2.59. The summed E-state index contributed by atoms with van der Waals surface area (Å²) in [6.45, 7) is 6.98. The summed E-state index contributed by atoms with van der Waals surface area (Å²) >= 11 is 6.01. The number of hydrogen-bond acceptors (Lipinski definition) is 2. The molecule has 1 heterocycles. The molecule has 2 rings (SSSR count). The summed E-state index contributed by atoms with van der Waals surface area (Å²) in [4.78, 5) is 2.57. The predicted molar refractivity (Wildman–Crippen MR) is 79.4 cm³/mol. The van der Waals surface area contributed by atoms with E-state index in [-0.39, 0.29) is 0 Å². The highest BCUT2D eigenvalue weighted by Crippen LogP contribution is 2.20. The van der Waals surface area contributed by atoms with Crippen LogP contribution in [0.1, 0.15) is 33.1 Å². The molecule has 1 saturated heterocycles. The minimum absolute atomic E-state index is 0.576. The molecule has 1 aromatic rings. The lowest BCUT2D eigenvalue weighted by Gasteiger charge is -2.24. The Bertz CT molecular complexity index is 379. The van der Waals surface area contributed by atoms with Crippen molar-refractivity contribution in [3.8, 4) is 0 Å². The van der Waals surface area contributed by atoms with Gasteiger partial charge in [-0.1, -0.05) is 17.7 Å². The summed E-state index contributed by atoms with van der Waals surface area (Å²) in [6.07, 6.45) is 3.73. The normalized spacial score (nSPS) is 21.9. The van der Waals surface area contributed by atoms with E-state index in [4.69, 9.17) is 11.6 Å². The molecule has 2 nitrogen and oxygen atoms in total. The summed E-state index contributed by atoms with van der Waals surface area (Å²) in [5.74, 6) is 0. The highest BCUT2D eigenvalue weighted by atomic mass is 35.5. The molecule has 3 heteroatoms. The van der Waals surface area contributed by atoms with Gasteiger partial charge in [-0.05, 0) is 57.9 Å². The van der Waals surface area contributed by atoms with Crippen LogP contribution in [0.4, 0.5) is 5.69 Å². The Morgan fingerprint density at radius 3 is 2.83 bits per heavy atom. The summed E-state index contributed by atoms with van der Waals surface area (Å²) < 4.78 is 0. The van der Waals surface area contributed by atoms with Gasteiger partial charge in [-0.15, -0.1) is 0 Å². The summed E-state index contributed by atoms with van der Waals surface area (Å²) in [5.41, 5.74) is 1.14. The van der Waals surface area contributed by atoms with Crippen LogP contribution in [0.3, 0.4) is 0 Å². The maximum Gasteiger partial charge on any atom is 0.0426 e. The fraction of sp³-hybridized carbons (Fsp3) is 0.600. The van der Waals surface area contributed by atoms with Gasteiger partial charge >= 0.3 is 0 Å². The monoisotopic (exact) mass is 266 g/mol. The lowest BCUT2D eigenvalue weighted by Crippen LogP contribution is -2.32. The first-order valence-corrected chi connectivity index (χ1v) is 7.29. The second-order valence-corrected chi connectivity index (χ2v) is 5.85. The highest BCUT2D eigenvalue weighted by Gasteiger charge is 2.18. The first-order chi connectivity index (χ1) is 8.65. The molecule has 0 aromatic heterocycles. The molecule has 18 heavy (non-hydrogen) atoms. The molecule has 0 saturated carbocycles. The third-order valence-electron chi connectivity index (χ3n) is 3.69. The van der Waals surface area contributed by atoms with E-state index in [0.29, 0.717) is 12.1 Å². The zero-order valence-electron chi connectivity index (χ0n) is 11.3. The Hall–Kier alpha value is -0.730. The van der Waals surface area contributed by atoms with E-state index in [1.807, 2.05) is 18.2 Å². The van der Waals surface area contributed by atoms with Gasteiger partial charge in [-0.25, -0.2) is 0 Å². The zero-order chi connectivity index (χ0) is 13.0. The fourth-order valence-corrected chi connectivity index (χ4v) is 2.78. The molecule has 1 fully saturated rings. The Kier molecular flexibility index (Phi) is 4.90. The average Bonchev–Trinajstić information content (AvgIpc) is 2.55. The lowest BCUT2D eigenvalue weighted by atomic mass is 10.1. The number of nitrogens with zero attached hydrogens (tertiary/aromatic N) is 1. The summed E-state index contributed by atoms with van der Waals surface area (Å²) in [6, 6.07) is 9.26. The van der Waals surface area contributed by atoms with Crippen molar-refractivity contribution in [2.75, 3.05) is 18.4 Å². The Morgan fingerprint density at radius 2 is 2.11 bits per heavy atom. The Morgan fingerprint density at radius 1 is 1.28 bits per heavy atom. The number of anilines is 1. The standard InChI is InChI=1S/C15H23ClN2/c1-12(2)18-9-4-7-14(8-10-18)17-15-6-3-5-13(16)11-15/h3,5-6,11-12,14,17H,4,7-10H2,1-2H3. The van der Waals surface area contributed by atoms with Gasteiger partial charge in [-0.2, -0.15) is 0 Å². The van der Waals surface area contributed by atoms with Gasteiger partial charge in [0, 0.05) is 29.3 Å². The molecule has 0 bridgehead atoms. The molecule has 1 unspecified atom stereocenters. The second kappa shape index (κ2) is 6.44. The van der Waals surface area contributed by atoms with Crippen molar-refractivity contribution in [3.63, 3.8) is 0 Å². The smallest absolute Gasteiger partial charge is 0.0426 e. The van der Waals surface area contributed by atoms with E-state index in [1.165, 1.54) is 32.4 Å². The van der Waals surface area contributed by atoms with E-state index >= 15 is 0 Å². The number of halogens is 1. The SMILES string of the molecule is CC(C)N1CCCC(Nc2cccc(Cl)c2)CC1. The Labute approximate surface area is 115 Å². The molecule has 100 valence electrons. The van der Waals surface area contributed by atoms with Crippen LogP contribution in [-0.4, -0.2) is 30.1 Å². The van der Waals surface area contributed by atoms with Crippen molar-refractivity contribution in [2.24, 2.45) is 0 Å². The number of hydrogen-bond donors (Lipinski definition) is 1. The molecule has 0 spiro atoms. The van der Waals surface area contributed by atoms with E-state index in [0.717, 1.165) is 10.7 Å². The van der Waals surface area contributed by atoms with E-state index in [2.05, 4.69) is 30.1 Å². The molecule has 0 aliphatic carbocycles. The number of likely N-dealkylation sites (tertiary alicyclic amines) is 1. The number of nitrogens with one attached hydrogen (secondary N) is 1. The van der Waals surface area contributed by atoms with E-state index < -0.39 is 0 Å². The van der Waals surface area contributed by atoms with Crippen LogP contribution in [0.2, 0.25) is 5.02 Å². The van der Waals surface area contributed by atoms with Crippen molar-refractivity contribution >= 4 is 17.3 Å². The van der Waals surface area contributed by atoms with Crippen LogP contribution in [0.15, 0.2) is 24.3 Å². The van der Waals surface area contributed by atoms with Crippen LogP contribution >= 0.6 is 11.6 Å². The van der Waals surface area contributed by atoms with Crippen molar-refractivity contribution in [3.05, 3.63) is 29.3 Å². The van der Waals surface area contributed by atoms with Crippen LogP contribution in [0.5, 0.6) is 0 Å². The largest absolute Gasteiger partial charge is 0.382 e. The third kappa shape index (κ3) is 3.89. The quantitative estimate of drug-likeness (QED) is 0.889. The topological polar surface area (TPSA) is 15.3 Å². The Balaban J connectivity index is 1.91. The molecule has 0 amide bonds. The molecular weight excluding hydrogens is 244 g/mol. The van der Waals surface area contributed by atoms with Gasteiger partial charge < -0.3 is 10.2 Å². The van der Waals surface area contributed by atoms with Crippen molar-refractivity contribution in [1.29, 1.82) is 0 Å². The first kappa shape index (κ1) is 13.7. The van der Waals surface area contributed by atoms with Crippen LogP contribution < -0.4 is 5.32 Å².